The summed E-state index contributed by atoms with van der Waals surface area (Å²) in [5.74, 6) is -0.143. The number of hydrogen-bond donors (Lipinski definition) is 0. The van der Waals surface area contributed by atoms with Crippen LogP contribution in [-0.2, 0) is 13.1 Å². The molecular formula is C21H29FN4O. The average Bonchev–Trinajstić information content (AvgIpc) is 3.03. The van der Waals surface area contributed by atoms with Crippen LogP contribution < -0.4 is 0 Å². The number of aromatic nitrogens is 2. The first-order valence-electron chi connectivity index (χ1n) is 9.76. The minimum atomic E-state index is -0.164. The molecular weight excluding hydrogens is 343 g/mol. The van der Waals surface area contributed by atoms with Gasteiger partial charge in [0.1, 0.15) is 5.82 Å². The normalized spacial score (nSPS) is 17.9. The minimum absolute atomic E-state index is 0.0209. The van der Waals surface area contributed by atoms with Crippen LogP contribution in [0, 0.1) is 12.7 Å². The highest BCUT2D eigenvalue weighted by Gasteiger charge is 2.28. The van der Waals surface area contributed by atoms with Crippen LogP contribution in [0.2, 0.25) is 0 Å². The Kier molecular flexibility index (Phi) is 6.26. The number of benzene rings is 1. The Balaban J connectivity index is 1.66. The first kappa shape index (κ1) is 19.5. The van der Waals surface area contributed by atoms with E-state index in [4.69, 9.17) is 0 Å². The standard InChI is InChI=1S/C21H29FN4O/c1-4-11-26-15-19(16(2)23-26)21(27)24(3)18-9-7-12-25(14-18)13-17-8-5-6-10-20(17)22/h5-6,8,10,15,18H,4,7,9,11-14H2,1-3H3/t18-/m0/s1. The maximum atomic E-state index is 14.0. The second-order valence-corrected chi connectivity index (χ2v) is 7.43. The molecule has 5 nitrogen and oxygen atoms in total. The van der Waals surface area contributed by atoms with Crippen molar-refractivity contribution in [3.05, 3.63) is 53.1 Å². The fraction of sp³-hybridized carbons (Fsp3) is 0.524. The summed E-state index contributed by atoms with van der Waals surface area (Å²) in [6, 6.07) is 7.05. The molecule has 0 bridgehead atoms. The van der Waals surface area contributed by atoms with Crippen LogP contribution in [0.3, 0.4) is 0 Å². The van der Waals surface area contributed by atoms with Gasteiger partial charge in [0, 0.05) is 44.5 Å². The van der Waals surface area contributed by atoms with E-state index in [0.29, 0.717) is 17.7 Å². The van der Waals surface area contributed by atoms with Gasteiger partial charge in [-0.3, -0.25) is 14.4 Å². The van der Waals surface area contributed by atoms with Crippen molar-refractivity contribution in [2.24, 2.45) is 0 Å². The van der Waals surface area contributed by atoms with E-state index in [1.54, 1.807) is 6.07 Å². The molecule has 1 aromatic carbocycles. The van der Waals surface area contributed by atoms with Crippen molar-refractivity contribution in [2.45, 2.75) is 52.2 Å². The number of amides is 1. The van der Waals surface area contributed by atoms with Crippen LogP contribution in [0.5, 0.6) is 0 Å². The fourth-order valence-electron chi connectivity index (χ4n) is 3.79. The maximum absolute atomic E-state index is 14.0. The molecule has 1 saturated heterocycles. The highest BCUT2D eigenvalue weighted by Crippen LogP contribution is 2.20. The highest BCUT2D eigenvalue weighted by molar-refractivity contribution is 5.95. The Labute approximate surface area is 160 Å². The van der Waals surface area contributed by atoms with E-state index < -0.39 is 0 Å². The summed E-state index contributed by atoms with van der Waals surface area (Å²) in [7, 11) is 1.87. The Morgan fingerprint density at radius 1 is 1.37 bits per heavy atom. The monoisotopic (exact) mass is 372 g/mol. The molecule has 2 heterocycles. The number of nitrogens with zero attached hydrogens (tertiary/aromatic N) is 4. The highest BCUT2D eigenvalue weighted by atomic mass is 19.1. The summed E-state index contributed by atoms with van der Waals surface area (Å²) in [4.78, 5) is 17.1. The van der Waals surface area contributed by atoms with Gasteiger partial charge in [0.05, 0.1) is 11.3 Å². The third-order valence-corrected chi connectivity index (χ3v) is 5.33. The van der Waals surface area contributed by atoms with Gasteiger partial charge in [0.15, 0.2) is 0 Å². The number of aryl methyl sites for hydroxylation is 2. The Bertz CT molecular complexity index is 788. The van der Waals surface area contributed by atoms with Crippen LogP contribution in [0.4, 0.5) is 4.39 Å². The maximum Gasteiger partial charge on any atom is 0.257 e. The average molecular weight is 372 g/mol. The van der Waals surface area contributed by atoms with E-state index in [0.717, 1.165) is 44.6 Å². The van der Waals surface area contributed by atoms with Crippen molar-refractivity contribution >= 4 is 5.91 Å². The molecule has 0 spiro atoms. The number of hydrogen-bond acceptors (Lipinski definition) is 3. The molecule has 1 aromatic heterocycles. The van der Waals surface area contributed by atoms with Gasteiger partial charge in [-0.2, -0.15) is 5.10 Å². The van der Waals surface area contributed by atoms with Crippen LogP contribution in [0.15, 0.2) is 30.5 Å². The summed E-state index contributed by atoms with van der Waals surface area (Å²) in [6.07, 6.45) is 4.82. The van der Waals surface area contributed by atoms with Crippen molar-refractivity contribution < 1.29 is 9.18 Å². The number of piperidine rings is 1. The van der Waals surface area contributed by atoms with E-state index in [-0.39, 0.29) is 17.8 Å². The second-order valence-electron chi connectivity index (χ2n) is 7.43. The lowest BCUT2D eigenvalue weighted by molar-refractivity contribution is 0.0607. The molecule has 2 aromatic rings. The fourth-order valence-corrected chi connectivity index (χ4v) is 3.79. The molecule has 1 aliphatic heterocycles. The molecule has 1 fully saturated rings. The third kappa shape index (κ3) is 4.56. The first-order valence-corrected chi connectivity index (χ1v) is 9.76. The van der Waals surface area contributed by atoms with Crippen molar-refractivity contribution in [1.29, 1.82) is 0 Å². The largest absolute Gasteiger partial charge is 0.337 e. The molecule has 0 unspecified atom stereocenters. The predicted octanol–water partition coefficient (Wildman–Crippen LogP) is 3.48. The molecule has 0 N–H and O–H groups in total. The van der Waals surface area contributed by atoms with Gasteiger partial charge in [0.2, 0.25) is 0 Å². The molecule has 1 aliphatic rings. The molecule has 3 rings (SSSR count). The SMILES string of the molecule is CCCn1cc(C(=O)N(C)[C@H]2CCCN(Cc3ccccc3F)C2)c(C)n1. The topological polar surface area (TPSA) is 41.4 Å². The number of likely N-dealkylation sites (tertiary alicyclic amines) is 1. The molecule has 1 atom stereocenters. The summed E-state index contributed by atoms with van der Waals surface area (Å²) in [5, 5.41) is 4.45. The smallest absolute Gasteiger partial charge is 0.257 e. The van der Waals surface area contributed by atoms with Gasteiger partial charge < -0.3 is 4.90 Å². The van der Waals surface area contributed by atoms with Gasteiger partial charge in [-0.15, -0.1) is 0 Å². The zero-order valence-corrected chi connectivity index (χ0v) is 16.5. The van der Waals surface area contributed by atoms with Crippen molar-refractivity contribution in [1.82, 2.24) is 19.6 Å². The van der Waals surface area contributed by atoms with Gasteiger partial charge in [-0.1, -0.05) is 25.1 Å². The van der Waals surface area contributed by atoms with Gasteiger partial charge in [-0.05, 0) is 38.8 Å². The van der Waals surface area contributed by atoms with E-state index in [1.807, 2.05) is 41.9 Å². The number of carbonyl (C=O) groups is 1. The van der Waals surface area contributed by atoms with E-state index in [1.165, 1.54) is 6.07 Å². The van der Waals surface area contributed by atoms with Crippen molar-refractivity contribution in [3.63, 3.8) is 0 Å². The Hall–Kier alpha value is -2.21. The van der Waals surface area contributed by atoms with Crippen molar-refractivity contribution in [2.75, 3.05) is 20.1 Å². The predicted molar refractivity (Wildman–Crippen MR) is 104 cm³/mol. The number of halogens is 1. The molecule has 0 saturated carbocycles. The molecule has 1 amide bonds. The molecule has 27 heavy (non-hydrogen) atoms. The lowest BCUT2D eigenvalue weighted by Crippen LogP contribution is -2.48. The summed E-state index contributed by atoms with van der Waals surface area (Å²) in [5.41, 5.74) is 2.17. The summed E-state index contributed by atoms with van der Waals surface area (Å²) < 4.78 is 15.8. The van der Waals surface area contributed by atoms with E-state index in [9.17, 15) is 9.18 Å². The summed E-state index contributed by atoms with van der Waals surface area (Å²) in [6.45, 7) is 7.07. The molecule has 0 radical (unpaired) electrons. The summed E-state index contributed by atoms with van der Waals surface area (Å²) >= 11 is 0. The van der Waals surface area contributed by atoms with E-state index >= 15 is 0 Å². The first-order chi connectivity index (χ1) is 13.0. The van der Waals surface area contributed by atoms with Gasteiger partial charge in [0.25, 0.3) is 5.91 Å². The van der Waals surface area contributed by atoms with E-state index in [2.05, 4.69) is 16.9 Å². The molecule has 146 valence electrons. The number of carbonyl (C=O) groups excluding carboxylic acids is 1. The Morgan fingerprint density at radius 3 is 2.89 bits per heavy atom. The van der Waals surface area contributed by atoms with Crippen molar-refractivity contribution in [3.8, 4) is 0 Å². The zero-order chi connectivity index (χ0) is 19.4. The molecule has 6 heteroatoms. The quantitative estimate of drug-likeness (QED) is 0.780. The third-order valence-electron chi connectivity index (χ3n) is 5.33. The lowest BCUT2D eigenvalue weighted by atomic mass is 10.0. The van der Waals surface area contributed by atoms with Gasteiger partial charge in [-0.25, -0.2) is 4.39 Å². The molecule has 0 aliphatic carbocycles. The Morgan fingerprint density at radius 2 is 2.15 bits per heavy atom. The van der Waals surface area contributed by atoms with Crippen LogP contribution in [0.25, 0.3) is 0 Å². The zero-order valence-electron chi connectivity index (χ0n) is 16.5. The minimum Gasteiger partial charge on any atom is -0.337 e. The number of rotatable bonds is 6. The number of likely N-dealkylation sites (N-methyl/N-ethyl adjacent to an activating group) is 1. The second kappa shape index (κ2) is 8.65. The van der Waals surface area contributed by atoms with Crippen LogP contribution >= 0.6 is 0 Å². The van der Waals surface area contributed by atoms with Gasteiger partial charge >= 0.3 is 0 Å². The van der Waals surface area contributed by atoms with Crippen LogP contribution in [-0.4, -0.2) is 51.7 Å². The lowest BCUT2D eigenvalue weighted by Gasteiger charge is -2.37. The van der Waals surface area contributed by atoms with Crippen LogP contribution in [0.1, 0.15) is 47.8 Å².